The Morgan fingerprint density at radius 1 is 1.36 bits per heavy atom. The molecular formula is C15H16N4O3. The van der Waals surface area contributed by atoms with E-state index >= 15 is 0 Å². The number of hydrogen-bond donors (Lipinski definition) is 0. The molecule has 7 nitrogen and oxygen atoms in total. The molecule has 4 rings (SSSR count). The number of amides is 1. The van der Waals surface area contributed by atoms with Crippen molar-refractivity contribution in [3.8, 4) is 5.88 Å². The van der Waals surface area contributed by atoms with Gasteiger partial charge in [-0.2, -0.15) is 0 Å². The number of nitrogens with zero attached hydrogens (tertiary/aromatic N) is 4. The maximum Gasteiger partial charge on any atom is 0.276 e. The standard InChI is InChI=1S/C15H16N4O3/c20-15(12-7-13(22-18-12)10-1-2-10)19-6-4-11(8-19)21-14-3-5-16-9-17-14/h3,5,7,9-11H,1-2,4,6,8H2. The van der Waals surface area contributed by atoms with Gasteiger partial charge in [0, 0.05) is 37.2 Å². The van der Waals surface area contributed by atoms with Crippen molar-refractivity contribution in [3.05, 3.63) is 36.1 Å². The van der Waals surface area contributed by atoms with Gasteiger partial charge in [0.1, 0.15) is 18.2 Å². The summed E-state index contributed by atoms with van der Waals surface area (Å²) >= 11 is 0. The highest BCUT2D eigenvalue weighted by Gasteiger charge is 2.32. The maximum absolute atomic E-state index is 12.4. The summed E-state index contributed by atoms with van der Waals surface area (Å²) in [6, 6.07) is 3.49. The van der Waals surface area contributed by atoms with Crippen molar-refractivity contribution in [2.45, 2.75) is 31.3 Å². The Morgan fingerprint density at radius 3 is 3.05 bits per heavy atom. The Bertz CT molecular complexity index is 668. The molecule has 1 atom stereocenters. The van der Waals surface area contributed by atoms with E-state index in [1.165, 1.54) is 6.33 Å². The molecule has 2 fully saturated rings. The van der Waals surface area contributed by atoms with Gasteiger partial charge in [-0.05, 0) is 12.8 Å². The molecule has 1 amide bonds. The third-order valence-electron chi connectivity index (χ3n) is 4.00. The highest BCUT2D eigenvalue weighted by atomic mass is 16.5. The number of aromatic nitrogens is 3. The van der Waals surface area contributed by atoms with Gasteiger partial charge >= 0.3 is 0 Å². The smallest absolute Gasteiger partial charge is 0.276 e. The number of rotatable bonds is 4. The fourth-order valence-corrected chi connectivity index (χ4v) is 2.64. The van der Waals surface area contributed by atoms with Crippen molar-refractivity contribution in [1.29, 1.82) is 0 Å². The van der Waals surface area contributed by atoms with Gasteiger partial charge in [0.2, 0.25) is 5.88 Å². The number of carbonyl (C=O) groups is 1. The van der Waals surface area contributed by atoms with Gasteiger partial charge in [-0.15, -0.1) is 0 Å². The van der Waals surface area contributed by atoms with Crippen LogP contribution >= 0.6 is 0 Å². The molecule has 22 heavy (non-hydrogen) atoms. The highest BCUT2D eigenvalue weighted by Crippen LogP contribution is 2.40. The monoisotopic (exact) mass is 300 g/mol. The molecule has 1 saturated heterocycles. The molecule has 2 aliphatic rings. The normalized spacial score (nSPS) is 21.1. The first-order valence-electron chi connectivity index (χ1n) is 7.48. The third-order valence-corrected chi connectivity index (χ3v) is 4.00. The van der Waals surface area contributed by atoms with E-state index in [2.05, 4.69) is 15.1 Å². The van der Waals surface area contributed by atoms with Crippen LogP contribution in [0.5, 0.6) is 5.88 Å². The van der Waals surface area contributed by atoms with Crippen LogP contribution in [0.3, 0.4) is 0 Å². The lowest BCUT2D eigenvalue weighted by atomic mass is 10.2. The largest absolute Gasteiger partial charge is 0.472 e. The molecule has 114 valence electrons. The van der Waals surface area contributed by atoms with E-state index in [0.29, 0.717) is 30.6 Å². The summed E-state index contributed by atoms with van der Waals surface area (Å²) in [5, 5.41) is 3.90. The molecule has 0 N–H and O–H groups in total. The number of carbonyl (C=O) groups excluding carboxylic acids is 1. The van der Waals surface area contributed by atoms with Crippen molar-refractivity contribution < 1.29 is 14.1 Å². The molecule has 3 heterocycles. The highest BCUT2D eigenvalue weighted by molar-refractivity contribution is 5.92. The second-order valence-corrected chi connectivity index (χ2v) is 5.72. The first kappa shape index (κ1) is 13.2. The van der Waals surface area contributed by atoms with Gasteiger partial charge in [0.25, 0.3) is 5.91 Å². The van der Waals surface area contributed by atoms with E-state index in [0.717, 1.165) is 25.0 Å². The molecule has 0 aromatic carbocycles. The van der Waals surface area contributed by atoms with Crippen LogP contribution in [-0.2, 0) is 0 Å². The summed E-state index contributed by atoms with van der Waals surface area (Å²) in [6.45, 7) is 1.19. The van der Waals surface area contributed by atoms with Crippen molar-refractivity contribution in [2.24, 2.45) is 0 Å². The Kier molecular flexibility index (Phi) is 3.25. The van der Waals surface area contributed by atoms with Crippen LogP contribution in [0, 0.1) is 0 Å². The molecular weight excluding hydrogens is 284 g/mol. The van der Waals surface area contributed by atoms with E-state index in [4.69, 9.17) is 9.26 Å². The molecule has 0 spiro atoms. The zero-order valence-electron chi connectivity index (χ0n) is 12.0. The quantitative estimate of drug-likeness (QED) is 0.853. The third kappa shape index (κ3) is 2.66. The van der Waals surface area contributed by atoms with E-state index in [9.17, 15) is 4.79 Å². The topological polar surface area (TPSA) is 81.4 Å². The van der Waals surface area contributed by atoms with Crippen LogP contribution in [0.1, 0.15) is 41.4 Å². The number of ether oxygens (including phenoxy) is 1. The second kappa shape index (κ2) is 5.40. The fourth-order valence-electron chi connectivity index (χ4n) is 2.64. The lowest BCUT2D eigenvalue weighted by Gasteiger charge is -2.15. The minimum Gasteiger partial charge on any atom is -0.472 e. The van der Waals surface area contributed by atoms with Crippen LogP contribution in [0.4, 0.5) is 0 Å². The Balaban J connectivity index is 1.38. The minimum absolute atomic E-state index is 0.0475. The fraction of sp³-hybridized carbons (Fsp3) is 0.467. The molecule has 0 radical (unpaired) electrons. The summed E-state index contributed by atoms with van der Waals surface area (Å²) in [7, 11) is 0. The molecule has 1 unspecified atom stereocenters. The van der Waals surface area contributed by atoms with Crippen LogP contribution in [0.2, 0.25) is 0 Å². The predicted molar refractivity (Wildman–Crippen MR) is 75.4 cm³/mol. The first-order chi connectivity index (χ1) is 10.8. The minimum atomic E-state index is -0.0931. The molecule has 1 saturated carbocycles. The van der Waals surface area contributed by atoms with Gasteiger partial charge in [-0.25, -0.2) is 9.97 Å². The summed E-state index contributed by atoms with van der Waals surface area (Å²) in [5.74, 6) is 1.73. The lowest BCUT2D eigenvalue weighted by Crippen LogP contribution is -2.31. The van der Waals surface area contributed by atoms with Crippen molar-refractivity contribution in [3.63, 3.8) is 0 Å². The summed E-state index contributed by atoms with van der Waals surface area (Å²) in [5.41, 5.74) is 0.393. The van der Waals surface area contributed by atoms with Gasteiger partial charge < -0.3 is 14.2 Å². The Hall–Kier alpha value is -2.44. The average molecular weight is 300 g/mol. The summed E-state index contributed by atoms with van der Waals surface area (Å²) in [6.07, 6.45) is 6.07. The molecule has 7 heteroatoms. The lowest BCUT2D eigenvalue weighted by molar-refractivity contribution is 0.0761. The van der Waals surface area contributed by atoms with E-state index in [1.54, 1.807) is 23.2 Å². The molecule has 2 aromatic rings. The van der Waals surface area contributed by atoms with E-state index in [-0.39, 0.29) is 12.0 Å². The predicted octanol–water partition coefficient (Wildman–Crippen LogP) is 1.64. The summed E-state index contributed by atoms with van der Waals surface area (Å²) < 4.78 is 11.0. The zero-order chi connectivity index (χ0) is 14.9. The van der Waals surface area contributed by atoms with Gasteiger partial charge in [-0.3, -0.25) is 4.79 Å². The SMILES string of the molecule is O=C(c1cc(C2CC2)on1)N1CCC(Oc2ccncn2)C1. The average Bonchev–Trinajstić information content (AvgIpc) is 3.10. The second-order valence-electron chi connectivity index (χ2n) is 5.72. The first-order valence-corrected chi connectivity index (χ1v) is 7.48. The van der Waals surface area contributed by atoms with Crippen molar-refractivity contribution in [2.75, 3.05) is 13.1 Å². The molecule has 1 aliphatic carbocycles. The van der Waals surface area contributed by atoms with Gasteiger partial charge in [0.05, 0.1) is 6.54 Å². The summed E-state index contributed by atoms with van der Waals surface area (Å²) in [4.78, 5) is 22.1. The Labute approximate surface area is 127 Å². The maximum atomic E-state index is 12.4. The van der Waals surface area contributed by atoms with Crippen LogP contribution < -0.4 is 4.74 Å². The number of hydrogen-bond acceptors (Lipinski definition) is 6. The van der Waals surface area contributed by atoms with Gasteiger partial charge in [0.15, 0.2) is 5.69 Å². The van der Waals surface area contributed by atoms with E-state index in [1.807, 2.05) is 0 Å². The van der Waals surface area contributed by atoms with Crippen LogP contribution in [0.15, 0.2) is 29.2 Å². The molecule has 0 bridgehead atoms. The van der Waals surface area contributed by atoms with Crippen LogP contribution in [0.25, 0.3) is 0 Å². The number of likely N-dealkylation sites (tertiary alicyclic amines) is 1. The zero-order valence-corrected chi connectivity index (χ0v) is 12.0. The Morgan fingerprint density at radius 2 is 2.27 bits per heavy atom. The van der Waals surface area contributed by atoms with Crippen LogP contribution in [-0.4, -0.2) is 45.1 Å². The van der Waals surface area contributed by atoms with Crippen molar-refractivity contribution >= 4 is 5.91 Å². The van der Waals surface area contributed by atoms with Gasteiger partial charge in [-0.1, -0.05) is 5.16 Å². The molecule has 2 aromatic heterocycles. The van der Waals surface area contributed by atoms with Crippen molar-refractivity contribution in [1.82, 2.24) is 20.0 Å². The molecule has 1 aliphatic heterocycles. The van der Waals surface area contributed by atoms with E-state index < -0.39 is 0 Å².